The predicted molar refractivity (Wildman–Crippen MR) is 475 cm³/mol. The summed E-state index contributed by atoms with van der Waals surface area (Å²) in [5.41, 5.74) is 23.7. The molecule has 2 unspecified atom stereocenters. The van der Waals surface area contributed by atoms with Crippen LogP contribution < -0.4 is 113 Å². The van der Waals surface area contributed by atoms with E-state index in [2.05, 4.69) is 90.4 Å². The van der Waals surface area contributed by atoms with Crippen molar-refractivity contribution in [1.82, 2.24) is 90.4 Å². The van der Waals surface area contributed by atoms with Crippen LogP contribution in [0.15, 0.2) is 54.6 Å². The lowest BCUT2D eigenvalue weighted by Gasteiger charge is -2.31. The van der Waals surface area contributed by atoms with Crippen LogP contribution in [0.5, 0.6) is 5.75 Å². The number of primary amides is 1. The number of hydrogen-bond donors (Lipinski definition) is 27. The van der Waals surface area contributed by atoms with Gasteiger partial charge >= 0.3 is 11.9 Å². The monoisotopic (exact) mass is 1830 g/mol. The van der Waals surface area contributed by atoms with Crippen molar-refractivity contribution in [2.75, 3.05) is 32.8 Å². The van der Waals surface area contributed by atoms with Crippen molar-refractivity contribution in [3.63, 3.8) is 0 Å². The highest BCUT2D eigenvalue weighted by molar-refractivity contribution is 6.01. The van der Waals surface area contributed by atoms with Gasteiger partial charge in [-0.2, -0.15) is 0 Å². The fourth-order valence-electron chi connectivity index (χ4n) is 13.5. The molecule has 0 radical (unpaired) electrons. The van der Waals surface area contributed by atoms with Crippen molar-refractivity contribution >= 4 is 118 Å². The van der Waals surface area contributed by atoms with Crippen molar-refractivity contribution in [2.24, 2.45) is 52.0 Å². The highest BCUT2D eigenvalue weighted by Gasteiger charge is 2.40. The molecule has 1 fully saturated rings. The summed E-state index contributed by atoms with van der Waals surface area (Å²) in [6.07, 6.45) is -4.07. The first-order valence-corrected chi connectivity index (χ1v) is 43.6. The molecule has 0 bridgehead atoms. The molecule has 724 valence electrons. The number of nitrogens with one attached hydrogen (secondary N) is 19. The van der Waals surface area contributed by atoms with Crippen LogP contribution in [0.25, 0.3) is 0 Å². The molecule has 2 aromatic carbocycles. The fourth-order valence-corrected chi connectivity index (χ4v) is 13.5. The zero-order valence-electron chi connectivity index (χ0n) is 75.8. The Morgan fingerprint density at radius 3 is 1.65 bits per heavy atom. The molecular formula is C85H137N23O22. The molecule has 1 heterocycles. The smallest absolute Gasteiger partial charge is 0.326 e. The lowest BCUT2D eigenvalue weighted by atomic mass is 9.88. The normalized spacial score (nSPS) is 19.6. The number of amides is 16. The van der Waals surface area contributed by atoms with Gasteiger partial charge in [0.2, 0.25) is 94.5 Å². The van der Waals surface area contributed by atoms with Crippen LogP contribution in [0, 0.1) is 39.9 Å². The van der Waals surface area contributed by atoms with Crippen LogP contribution in [0.3, 0.4) is 0 Å². The molecule has 3 rings (SSSR count). The van der Waals surface area contributed by atoms with Gasteiger partial charge < -0.3 is 134 Å². The second-order valence-electron chi connectivity index (χ2n) is 34.6. The predicted octanol–water partition coefficient (Wildman–Crippen LogP) is -4.42. The highest BCUT2D eigenvalue weighted by Crippen LogP contribution is 2.23. The van der Waals surface area contributed by atoms with Crippen molar-refractivity contribution in [2.45, 2.75) is 276 Å². The molecule has 0 aliphatic carbocycles. The van der Waals surface area contributed by atoms with Gasteiger partial charge in [-0.15, -0.1) is 0 Å². The van der Waals surface area contributed by atoms with E-state index in [1.807, 2.05) is 20.8 Å². The van der Waals surface area contributed by atoms with Gasteiger partial charge in [0.05, 0.1) is 25.7 Å². The van der Waals surface area contributed by atoms with E-state index in [1.54, 1.807) is 70.2 Å². The maximum absolute atomic E-state index is 15.4. The quantitative estimate of drug-likeness (QED) is 0.0169. The number of carbonyl (C=O) groups is 18. The van der Waals surface area contributed by atoms with Crippen molar-refractivity contribution in [3.05, 3.63) is 65.7 Å². The summed E-state index contributed by atoms with van der Waals surface area (Å²) in [6, 6.07) is -7.98. The summed E-state index contributed by atoms with van der Waals surface area (Å²) in [7, 11) is 0. The molecule has 0 saturated carbocycles. The second kappa shape index (κ2) is 56.5. The third-order valence-corrected chi connectivity index (χ3v) is 21.1. The Kier molecular flexibility index (Phi) is 48.4. The van der Waals surface area contributed by atoms with Crippen molar-refractivity contribution in [3.8, 4) is 5.75 Å². The number of benzene rings is 2. The molecular weight excluding hydrogens is 1700 g/mol. The Hall–Kier alpha value is -12.8. The second-order valence-corrected chi connectivity index (χ2v) is 34.6. The fraction of sp³-hybridized carbons (Fsp3) is 0.624. The average Bonchev–Trinajstić information content (AvgIpc) is 0.843. The number of aliphatic hydroxyl groups excluding tert-OH is 1. The molecule has 31 N–H and O–H groups in total. The summed E-state index contributed by atoms with van der Waals surface area (Å²) in [5.74, 6) is -22.7. The van der Waals surface area contributed by atoms with E-state index in [1.165, 1.54) is 39.8 Å². The molecule has 16 amide bonds. The highest BCUT2D eigenvalue weighted by atomic mass is 16.4. The first kappa shape index (κ1) is 111. The topological polar surface area (TPSA) is 744 Å². The van der Waals surface area contributed by atoms with E-state index in [4.69, 9.17) is 33.8 Å². The van der Waals surface area contributed by atoms with E-state index in [9.17, 15) is 92.3 Å². The lowest BCUT2D eigenvalue weighted by Crippen LogP contribution is -2.62. The van der Waals surface area contributed by atoms with Crippen LogP contribution in [0.4, 0.5) is 0 Å². The van der Waals surface area contributed by atoms with Gasteiger partial charge in [-0.25, -0.2) is 4.79 Å². The van der Waals surface area contributed by atoms with Crippen molar-refractivity contribution in [1.29, 1.82) is 10.8 Å². The molecule has 45 nitrogen and oxygen atoms in total. The summed E-state index contributed by atoms with van der Waals surface area (Å²) in [4.78, 5) is 254. The van der Waals surface area contributed by atoms with Gasteiger partial charge in [-0.3, -0.25) is 92.3 Å². The van der Waals surface area contributed by atoms with E-state index in [0.29, 0.717) is 11.1 Å². The number of hydrogen-bond acceptors (Lipinski definition) is 23. The Bertz CT molecular complexity index is 4190. The molecule has 0 aromatic heterocycles. The largest absolute Gasteiger partial charge is 0.508 e. The zero-order chi connectivity index (χ0) is 97.8. The number of nitrogens with two attached hydrogens (primary N) is 4. The van der Waals surface area contributed by atoms with E-state index >= 15 is 14.4 Å². The summed E-state index contributed by atoms with van der Waals surface area (Å²) >= 11 is 0. The number of phenols is 1. The molecule has 45 heteroatoms. The molecule has 0 spiro atoms. The number of guanidine groups is 2. The zero-order valence-corrected chi connectivity index (χ0v) is 75.8. The Labute approximate surface area is 755 Å². The number of phenolic OH excluding ortho intramolecular Hbond substituents is 1. The summed E-state index contributed by atoms with van der Waals surface area (Å²) in [6.45, 7) is 15.4. The minimum Gasteiger partial charge on any atom is -0.508 e. The average molecular weight is 1830 g/mol. The molecule has 1 saturated heterocycles. The van der Waals surface area contributed by atoms with Crippen LogP contribution in [0.1, 0.15) is 190 Å². The van der Waals surface area contributed by atoms with Gasteiger partial charge in [-0.05, 0) is 129 Å². The molecule has 2 aromatic rings. The third kappa shape index (κ3) is 42.4. The van der Waals surface area contributed by atoms with E-state index in [-0.39, 0.29) is 102 Å². The molecule has 1 aliphatic heterocycles. The van der Waals surface area contributed by atoms with Crippen LogP contribution in [-0.2, 0) is 99.1 Å². The number of rotatable bonds is 44. The minimum atomic E-state index is -1.92. The summed E-state index contributed by atoms with van der Waals surface area (Å²) < 4.78 is 0. The maximum Gasteiger partial charge on any atom is 0.326 e. The van der Waals surface area contributed by atoms with Crippen LogP contribution >= 0.6 is 0 Å². The van der Waals surface area contributed by atoms with Crippen molar-refractivity contribution < 1.29 is 107 Å². The minimum absolute atomic E-state index is 0.0116. The third-order valence-electron chi connectivity index (χ3n) is 21.1. The number of aliphatic carboxylic acids is 2. The number of carbonyl (C=O) groups excluding carboxylic acids is 16. The SMILES string of the molecule is CCC(C)[C@@H](NC(=O)[C@@H](CCCNC(=N)N)NC(=O)[C@@H](CC(C)C)NC(=O)[C@@H](N)Cc1ccc(O)cc1)C(=O)N[C@@H](C(=O)N[C@H](CCC(N)=O)C(=O)N[C@@H]1CCCC[C@@H](C(=O)NCC(=O)N[C@@H](Cc2ccccc2)C(=O)O)NC(=O)C(CO)NC(=O)CNC(=O)[C@H](CCC(=O)O)NC(=O)[C@@H](C(C)C)NC(=O)[C@@H](CCC(C)(C)C)NC(=O)[C@@H](CCCNC(=N)N)NC1=O)C(C)C. The lowest BCUT2D eigenvalue weighted by molar-refractivity contribution is -0.142. The van der Waals surface area contributed by atoms with Gasteiger partial charge in [0.25, 0.3) is 0 Å². The van der Waals surface area contributed by atoms with Gasteiger partial charge in [0, 0.05) is 32.4 Å². The molecule has 1 aliphatic rings. The molecule has 130 heavy (non-hydrogen) atoms. The first-order valence-electron chi connectivity index (χ1n) is 43.6. The standard InChI is InChI=1S/C85H137N23O22/c1-12-47(8)68(108-75(122)55(25-19-37-93-84(90)91)101-77(124)59(38-44(2)3)105-69(116)51(86)39-49-26-28-50(110)29-27-49)81(128)107-67(46(6)7)80(127)104-57(30-32-62(87)111)74(121)99-53-23-17-16-22-52(70(117)94-41-63(112)96-60(82(129)130)40-48-20-14-13-15-21-48)98-78(125)61(43-109)97-64(113)42-95-71(118)56(31-33-65(114)115)103-79(126)66(45(4)5)106-76(123)58(34-35-85(9,10)11)102-73(120)54(100-72(53)119)24-18-36-92-83(88)89/h13-15,20-21,26-29,44-47,51-61,66-68,109-110H,12,16-19,22-25,30-43,86H2,1-11H3,(H2,87,111)(H,94,117)(H,95,118)(H,96,112)(H,97,113)(H,98,125)(H,99,121)(H,100,119)(H,101,124)(H,102,120)(H,103,126)(H,104,127)(H,105,116)(H,106,123)(H,107,128)(H,108,122)(H,114,115)(H,129,130)(H4,88,89,92)(H4,90,91,93)/t47?,51-,52-,53+,54+,55+,56-,57+,58+,59+,60-,61?,66+,67+,68+/m0/s1. The number of carboxylic acid groups (broad SMARTS) is 2. The van der Waals surface area contributed by atoms with Crippen LogP contribution in [-0.4, -0.2) is 256 Å². The van der Waals surface area contributed by atoms with Gasteiger partial charge in [0.15, 0.2) is 11.9 Å². The van der Waals surface area contributed by atoms with Crippen LogP contribution in [0.2, 0.25) is 0 Å². The molecule has 15 atom stereocenters. The maximum atomic E-state index is 15.4. The summed E-state index contributed by atoms with van der Waals surface area (Å²) in [5, 5.41) is 98.5. The Morgan fingerprint density at radius 2 is 1.08 bits per heavy atom. The number of carboxylic acids is 2. The Balaban J connectivity index is 2.27. The van der Waals surface area contributed by atoms with E-state index in [0.717, 1.165) is 0 Å². The van der Waals surface area contributed by atoms with Gasteiger partial charge in [0.1, 0.15) is 84.3 Å². The number of aliphatic hydroxyl groups is 1. The first-order chi connectivity index (χ1) is 61.0. The van der Waals surface area contributed by atoms with Gasteiger partial charge in [-0.1, -0.05) is 138 Å². The van der Waals surface area contributed by atoms with E-state index < -0.39 is 284 Å². The number of aromatic hydroxyl groups is 1. The Morgan fingerprint density at radius 1 is 0.538 bits per heavy atom.